The number of anilines is 1. The molecule has 2 aromatic rings. The minimum Gasteiger partial charge on any atom is -0.381 e. The van der Waals surface area contributed by atoms with Crippen LogP contribution in [0.3, 0.4) is 0 Å². The van der Waals surface area contributed by atoms with Gasteiger partial charge in [-0.25, -0.2) is 0 Å². The van der Waals surface area contributed by atoms with Crippen LogP contribution in [-0.2, 0) is 4.74 Å². The first-order valence-electron chi connectivity index (χ1n) is 6.41. The number of hydrogen-bond donors (Lipinski definition) is 1. The van der Waals surface area contributed by atoms with Gasteiger partial charge in [0.1, 0.15) is 0 Å². The third kappa shape index (κ3) is 2.16. The highest BCUT2D eigenvalue weighted by Crippen LogP contribution is 2.24. The van der Waals surface area contributed by atoms with E-state index in [1.807, 2.05) is 19.1 Å². The fourth-order valence-corrected chi connectivity index (χ4v) is 2.38. The number of rotatable bonds is 2. The molecule has 0 aliphatic carbocycles. The SMILES string of the molecule is Cc1nnc(NC2CCOCC2)c2ccccc12. The Morgan fingerprint density at radius 1 is 1.11 bits per heavy atom. The largest absolute Gasteiger partial charge is 0.381 e. The fourth-order valence-electron chi connectivity index (χ4n) is 2.38. The number of nitrogens with one attached hydrogen (secondary N) is 1. The molecule has 1 N–H and O–H groups in total. The van der Waals surface area contributed by atoms with Gasteiger partial charge in [-0.3, -0.25) is 0 Å². The number of ether oxygens (including phenoxy) is 1. The average molecular weight is 243 g/mol. The molecule has 94 valence electrons. The molecule has 2 heterocycles. The lowest BCUT2D eigenvalue weighted by Crippen LogP contribution is -2.28. The molecule has 1 aromatic carbocycles. The normalized spacial score (nSPS) is 16.9. The van der Waals surface area contributed by atoms with Crippen LogP contribution in [0.1, 0.15) is 18.5 Å². The van der Waals surface area contributed by atoms with Crippen molar-refractivity contribution in [3.8, 4) is 0 Å². The van der Waals surface area contributed by atoms with E-state index in [2.05, 4.69) is 27.6 Å². The van der Waals surface area contributed by atoms with Gasteiger partial charge in [0, 0.05) is 30.0 Å². The zero-order chi connectivity index (χ0) is 12.4. The lowest BCUT2D eigenvalue weighted by Gasteiger charge is -2.24. The Hall–Kier alpha value is -1.68. The second-order valence-corrected chi connectivity index (χ2v) is 4.71. The van der Waals surface area contributed by atoms with Crippen molar-refractivity contribution in [2.24, 2.45) is 0 Å². The number of aromatic nitrogens is 2. The molecule has 0 unspecified atom stereocenters. The molecule has 1 fully saturated rings. The summed E-state index contributed by atoms with van der Waals surface area (Å²) in [6.45, 7) is 3.65. The molecule has 0 amide bonds. The maximum Gasteiger partial charge on any atom is 0.156 e. The van der Waals surface area contributed by atoms with Crippen molar-refractivity contribution in [2.45, 2.75) is 25.8 Å². The summed E-state index contributed by atoms with van der Waals surface area (Å²) in [5.41, 5.74) is 0.975. The smallest absolute Gasteiger partial charge is 0.156 e. The van der Waals surface area contributed by atoms with Crippen LogP contribution >= 0.6 is 0 Å². The third-order valence-corrected chi connectivity index (χ3v) is 3.43. The van der Waals surface area contributed by atoms with Crippen LogP contribution in [0.15, 0.2) is 24.3 Å². The van der Waals surface area contributed by atoms with E-state index in [4.69, 9.17) is 4.74 Å². The molecular formula is C14H17N3O. The van der Waals surface area contributed by atoms with Gasteiger partial charge in [0.15, 0.2) is 5.82 Å². The maximum absolute atomic E-state index is 5.37. The van der Waals surface area contributed by atoms with E-state index in [-0.39, 0.29) is 0 Å². The lowest BCUT2D eigenvalue weighted by atomic mass is 10.1. The van der Waals surface area contributed by atoms with E-state index in [9.17, 15) is 0 Å². The molecule has 1 aromatic heterocycles. The summed E-state index contributed by atoms with van der Waals surface area (Å²) < 4.78 is 5.37. The third-order valence-electron chi connectivity index (χ3n) is 3.43. The molecule has 3 rings (SSSR count). The van der Waals surface area contributed by atoms with Crippen LogP contribution in [0.25, 0.3) is 10.8 Å². The molecule has 0 radical (unpaired) electrons. The first kappa shape index (κ1) is 11.4. The van der Waals surface area contributed by atoms with Gasteiger partial charge in [-0.1, -0.05) is 24.3 Å². The van der Waals surface area contributed by atoms with E-state index in [1.165, 1.54) is 5.39 Å². The van der Waals surface area contributed by atoms with Crippen LogP contribution < -0.4 is 5.32 Å². The van der Waals surface area contributed by atoms with E-state index in [0.29, 0.717) is 6.04 Å². The molecule has 0 bridgehead atoms. The monoisotopic (exact) mass is 243 g/mol. The lowest BCUT2D eigenvalue weighted by molar-refractivity contribution is 0.0904. The Morgan fingerprint density at radius 2 is 1.83 bits per heavy atom. The predicted molar refractivity (Wildman–Crippen MR) is 71.7 cm³/mol. The number of nitrogens with zero attached hydrogens (tertiary/aromatic N) is 2. The van der Waals surface area contributed by atoms with Crippen LogP contribution in [0.4, 0.5) is 5.82 Å². The Morgan fingerprint density at radius 3 is 2.61 bits per heavy atom. The summed E-state index contributed by atoms with van der Waals surface area (Å²) in [7, 11) is 0. The first-order valence-corrected chi connectivity index (χ1v) is 6.41. The van der Waals surface area contributed by atoms with Gasteiger partial charge in [-0.2, -0.15) is 5.10 Å². The molecular weight excluding hydrogens is 226 g/mol. The summed E-state index contributed by atoms with van der Waals surface area (Å²) >= 11 is 0. The van der Waals surface area contributed by atoms with Crippen LogP contribution in [0.5, 0.6) is 0 Å². The Balaban J connectivity index is 1.94. The number of aryl methyl sites for hydroxylation is 1. The number of fused-ring (bicyclic) bond motifs is 1. The zero-order valence-corrected chi connectivity index (χ0v) is 10.5. The molecule has 0 saturated carbocycles. The highest BCUT2D eigenvalue weighted by molar-refractivity contribution is 5.92. The highest BCUT2D eigenvalue weighted by Gasteiger charge is 2.15. The van der Waals surface area contributed by atoms with Crippen molar-refractivity contribution in [1.82, 2.24) is 10.2 Å². The maximum atomic E-state index is 5.37. The summed E-state index contributed by atoms with van der Waals surface area (Å²) in [5.74, 6) is 0.892. The number of hydrogen-bond acceptors (Lipinski definition) is 4. The molecule has 0 spiro atoms. The van der Waals surface area contributed by atoms with Crippen LogP contribution in [-0.4, -0.2) is 29.5 Å². The van der Waals surface area contributed by atoms with Crippen molar-refractivity contribution in [3.05, 3.63) is 30.0 Å². The van der Waals surface area contributed by atoms with Gasteiger partial charge in [-0.05, 0) is 19.8 Å². The van der Waals surface area contributed by atoms with Gasteiger partial charge >= 0.3 is 0 Å². The molecule has 18 heavy (non-hydrogen) atoms. The quantitative estimate of drug-likeness (QED) is 0.880. The minimum atomic E-state index is 0.444. The van der Waals surface area contributed by atoms with Gasteiger partial charge in [0.25, 0.3) is 0 Å². The minimum absolute atomic E-state index is 0.444. The van der Waals surface area contributed by atoms with Crippen LogP contribution in [0, 0.1) is 6.92 Å². The van der Waals surface area contributed by atoms with E-state index in [1.54, 1.807) is 0 Å². The van der Waals surface area contributed by atoms with Gasteiger partial charge in [0.2, 0.25) is 0 Å². The topological polar surface area (TPSA) is 47.0 Å². The molecule has 1 saturated heterocycles. The average Bonchev–Trinajstić information content (AvgIpc) is 2.44. The Bertz CT molecular complexity index is 550. The highest BCUT2D eigenvalue weighted by atomic mass is 16.5. The summed E-state index contributed by atoms with van der Waals surface area (Å²) in [6, 6.07) is 8.71. The molecule has 1 aliphatic rings. The first-order chi connectivity index (χ1) is 8.84. The summed E-state index contributed by atoms with van der Waals surface area (Å²) in [6.07, 6.45) is 2.06. The van der Waals surface area contributed by atoms with E-state index < -0.39 is 0 Å². The Kier molecular flexibility index (Phi) is 3.11. The van der Waals surface area contributed by atoms with Crippen molar-refractivity contribution in [2.75, 3.05) is 18.5 Å². The molecule has 1 aliphatic heterocycles. The van der Waals surface area contributed by atoms with Crippen molar-refractivity contribution in [3.63, 3.8) is 0 Å². The second kappa shape index (κ2) is 4.90. The van der Waals surface area contributed by atoms with Gasteiger partial charge in [-0.15, -0.1) is 5.10 Å². The molecule has 0 atom stereocenters. The van der Waals surface area contributed by atoms with E-state index >= 15 is 0 Å². The zero-order valence-electron chi connectivity index (χ0n) is 10.5. The van der Waals surface area contributed by atoms with Crippen molar-refractivity contribution < 1.29 is 4.74 Å². The van der Waals surface area contributed by atoms with Crippen LogP contribution in [0.2, 0.25) is 0 Å². The standard InChI is InChI=1S/C14H17N3O/c1-10-12-4-2-3-5-13(12)14(17-16-10)15-11-6-8-18-9-7-11/h2-5,11H,6-9H2,1H3,(H,15,17). The predicted octanol–water partition coefficient (Wildman–Crippen LogP) is 2.53. The summed E-state index contributed by atoms with van der Waals surface area (Å²) in [4.78, 5) is 0. The van der Waals surface area contributed by atoms with Crippen molar-refractivity contribution >= 4 is 16.6 Å². The van der Waals surface area contributed by atoms with Gasteiger partial charge < -0.3 is 10.1 Å². The molecule has 4 heteroatoms. The second-order valence-electron chi connectivity index (χ2n) is 4.71. The van der Waals surface area contributed by atoms with Gasteiger partial charge in [0.05, 0.1) is 5.69 Å². The Labute approximate surface area is 106 Å². The number of benzene rings is 1. The van der Waals surface area contributed by atoms with Crippen molar-refractivity contribution in [1.29, 1.82) is 0 Å². The fraction of sp³-hybridized carbons (Fsp3) is 0.429. The van der Waals surface area contributed by atoms with E-state index in [0.717, 1.165) is 43.0 Å². The molecule has 4 nitrogen and oxygen atoms in total. The summed E-state index contributed by atoms with van der Waals surface area (Å²) in [5, 5.41) is 14.3.